The second-order valence-corrected chi connectivity index (χ2v) is 11.7. The zero-order chi connectivity index (χ0) is 25.1. The molecule has 2 amide bonds. The Hall–Kier alpha value is -2.34. The van der Waals surface area contributed by atoms with Gasteiger partial charge in [0.2, 0.25) is 5.91 Å². The normalized spacial score (nSPS) is 26.4. The molecule has 2 aliphatic heterocycles. The predicted molar refractivity (Wildman–Crippen MR) is 145 cm³/mol. The standard InChI is InChI=1S/C30H44N4O2/c1-23-13-10-11-18-32(23)19-12-20-34-28(35)27-21-24-14-8-9-17-26(24)33(27)22-30(34,2)29(36)31-25-15-6-4-3-5-7-16-25/h8-9,14,17,21,23,25H,3-7,10-13,15-16,18-20,22H2,1-2H3,(H,31,36)/t23-,30-/m1/s1. The van der Waals surface area contributed by atoms with Crippen molar-refractivity contribution in [2.75, 3.05) is 19.6 Å². The number of aromatic nitrogens is 1. The third-order valence-corrected chi connectivity index (χ3v) is 9.03. The van der Waals surface area contributed by atoms with Gasteiger partial charge in [0, 0.05) is 36.1 Å². The van der Waals surface area contributed by atoms with Gasteiger partial charge in [0.15, 0.2) is 0 Å². The third-order valence-electron chi connectivity index (χ3n) is 9.03. The van der Waals surface area contributed by atoms with E-state index in [1.807, 2.05) is 30.0 Å². The Morgan fingerprint density at radius 2 is 1.72 bits per heavy atom. The zero-order valence-electron chi connectivity index (χ0n) is 22.3. The first kappa shape index (κ1) is 25.3. The first-order valence-corrected chi connectivity index (χ1v) is 14.4. The number of carbonyl (C=O) groups is 2. The van der Waals surface area contributed by atoms with Crippen LogP contribution in [0.5, 0.6) is 0 Å². The topological polar surface area (TPSA) is 57.6 Å². The summed E-state index contributed by atoms with van der Waals surface area (Å²) in [5, 5.41) is 4.47. The molecule has 2 fully saturated rings. The van der Waals surface area contributed by atoms with Crippen molar-refractivity contribution in [3.63, 3.8) is 0 Å². The summed E-state index contributed by atoms with van der Waals surface area (Å²) in [5.74, 6) is -0.00402. The summed E-state index contributed by atoms with van der Waals surface area (Å²) in [7, 11) is 0. The Morgan fingerprint density at radius 1 is 1.00 bits per heavy atom. The fourth-order valence-corrected chi connectivity index (χ4v) is 6.72. The minimum absolute atomic E-state index is 0.0104. The van der Waals surface area contributed by atoms with Crippen molar-refractivity contribution in [2.24, 2.45) is 0 Å². The summed E-state index contributed by atoms with van der Waals surface area (Å²) < 4.78 is 2.08. The van der Waals surface area contributed by atoms with Gasteiger partial charge >= 0.3 is 0 Å². The predicted octanol–water partition coefficient (Wildman–Crippen LogP) is 5.35. The molecule has 1 aromatic heterocycles. The van der Waals surface area contributed by atoms with Gasteiger partial charge in [-0.3, -0.25) is 9.59 Å². The van der Waals surface area contributed by atoms with E-state index in [1.165, 1.54) is 51.4 Å². The zero-order valence-corrected chi connectivity index (χ0v) is 22.3. The average molecular weight is 493 g/mol. The van der Waals surface area contributed by atoms with Crippen LogP contribution in [0.3, 0.4) is 0 Å². The number of para-hydroxylation sites is 1. The number of benzene rings is 1. The van der Waals surface area contributed by atoms with Gasteiger partial charge in [-0.1, -0.05) is 56.7 Å². The van der Waals surface area contributed by atoms with Gasteiger partial charge in [-0.05, 0) is 64.6 Å². The summed E-state index contributed by atoms with van der Waals surface area (Å²) in [6.45, 7) is 7.54. The molecule has 0 unspecified atom stereocenters. The Bertz CT molecular complexity index is 1070. The molecular formula is C30H44N4O2. The smallest absolute Gasteiger partial charge is 0.271 e. The molecule has 3 heterocycles. The van der Waals surface area contributed by atoms with Crippen molar-refractivity contribution in [3.05, 3.63) is 36.0 Å². The van der Waals surface area contributed by atoms with E-state index in [0.29, 0.717) is 24.8 Å². The highest BCUT2D eigenvalue weighted by Gasteiger charge is 2.47. The quantitative estimate of drug-likeness (QED) is 0.591. The molecule has 36 heavy (non-hydrogen) atoms. The SMILES string of the molecule is C[C@@H]1CCCCN1CCCN1C(=O)c2cc3ccccc3n2C[C@]1(C)C(=O)NC1CCCCCCC1. The van der Waals surface area contributed by atoms with Crippen LogP contribution in [0.15, 0.2) is 30.3 Å². The van der Waals surface area contributed by atoms with Crippen LogP contribution < -0.4 is 5.32 Å². The second kappa shape index (κ2) is 11.0. The molecule has 1 saturated carbocycles. The fraction of sp³-hybridized carbons (Fsp3) is 0.667. The first-order valence-electron chi connectivity index (χ1n) is 14.4. The van der Waals surface area contributed by atoms with Crippen LogP contribution in [0.1, 0.15) is 95.0 Å². The lowest BCUT2D eigenvalue weighted by molar-refractivity contribution is -0.133. The number of nitrogens with zero attached hydrogens (tertiary/aromatic N) is 3. The lowest BCUT2D eigenvalue weighted by Gasteiger charge is -2.45. The van der Waals surface area contributed by atoms with E-state index in [4.69, 9.17) is 0 Å². The monoisotopic (exact) mass is 492 g/mol. The molecule has 5 rings (SSSR count). The lowest BCUT2D eigenvalue weighted by Crippen LogP contribution is -2.65. The Morgan fingerprint density at radius 3 is 2.50 bits per heavy atom. The molecule has 6 heteroatoms. The molecule has 1 aliphatic carbocycles. The number of amides is 2. The molecule has 0 bridgehead atoms. The Kier molecular flexibility index (Phi) is 7.71. The number of piperidine rings is 1. The maximum atomic E-state index is 14.0. The van der Waals surface area contributed by atoms with Gasteiger partial charge in [0.25, 0.3) is 5.91 Å². The highest BCUT2D eigenvalue weighted by atomic mass is 16.2. The molecule has 1 N–H and O–H groups in total. The van der Waals surface area contributed by atoms with Gasteiger partial charge in [0.05, 0.1) is 6.54 Å². The van der Waals surface area contributed by atoms with Crippen LogP contribution in [0.25, 0.3) is 10.9 Å². The average Bonchev–Trinajstić information content (AvgIpc) is 3.22. The van der Waals surface area contributed by atoms with Crippen LogP contribution in [-0.4, -0.2) is 63.4 Å². The fourth-order valence-electron chi connectivity index (χ4n) is 6.72. The molecule has 0 radical (unpaired) electrons. The van der Waals surface area contributed by atoms with Gasteiger partial charge in [-0.2, -0.15) is 0 Å². The van der Waals surface area contributed by atoms with E-state index in [1.54, 1.807) is 0 Å². The molecular weight excluding hydrogens is 448 g/mol. The highest BCUT2D eigenvalue weighted by Crippen LogP contribution is 2.33. The highest BCUT2D eigenvalue weighted by molar-refractivity contribution is 6.03. The number of fused-ring (bicyclic) bond motifs is 3. The second-order valence-electron chi connectivity index (χ2n) is 11.7. The Labute approximate surface area is 216 Å². The van der Waals surface area contributed by atoms with Crippen LogP contribution >= 0.6 is 0 Å². The largest absolute Gasteiger partial charge is 0.351 e. The van der Waals surface area contributed by atoms with Crippen molar-refractivity contribution in [3.8, 4) is 0 Å². The summed E-state index contributed by atoms with van der Waals surface area (Å²) in [6.07, 6.45) is 13.0. The molecule has 3 aliphatic rings. The molecule has 2 aromatic rings. The van der Waals surface area contributed by atoms with Crippen LogP contribution in [0.4, 0.5) is 0 Å². The van der Waals surface area contributed by atoms with E-state index < -0.39 is 5.54 Å². The van der Waals surface area contributed by atoms with Gasteiger partial charge in [-0.15, -0.1) is 0 Å². The summed E-state index contributed by atoms with van der Waals surface area (Å²) in [6, 6.07) is 11.0. The minimum atomic E-state index is -0.901. The van der Waals surface area contributed by atoms with Crippen molar-refractivity contribution < 1.29 is 9.59 Å². The summed E-state index contributed by atoms with van der Waals surface area (Å²) in [4.78, 5) is 32.4. The number of hydrogen-bond acceptors (Lipinski definition) is 3. The van der Waals surface area contributed by atoms with Crippen LogP contribution in [-0.2, 0) is 11.3 Å². The van der Waals surface area contributed by atoms with Crippen molar-refractivity contribution in [1.82, 2.24) is 19.7 Å². The maximum absolute atomic E-state index is 14.0. The third kappa shape index (κ3) is 5.06. The van der Waals surface area contributed by atoms with Crippen molar-refractivity contribution >= 4 is 22.7 Å². The summed E-state index contributed by atoms with van der Waals surface area (Å²) in [5.41, 5.74) is 0.841. The number of hydrogen-bond donors (Lipinski definition) is 1. The van der Waals surface area contributed by atoms with Gasteiger partial charge in [-0.25, -0.2) is 0 Å². The van der Waals surface area contributed by atoms with E-state index >= 15 is 0 Å². The molecule has 2 atom stereocenters. The van der Waals surface area contributed by atoms with Crippen molar-refractivity contribution in [1.29, 1.82) is 0 Å². The molecule has 1 saturated heterocycles. The Balaban J connectivity index is 1.39. The van der Waals surface area contributed by atoms with E-state index in [2.05, 4.69) is 33.8 Å². The maximum Gasteiger partial charge on any atom is 0.271 e. The molecule has 6 nitrogen and oxygen atoms in total. The van der Waals surface area contributed by atoms with E-state index in [9.17, 15) is 9.59 Å². The van der Waals surface area contributed by atoms with E-state index in [0.717, 1.165) is 43.3 Å². The lowest BCUT2D eigenvalue weighted by atomic mass is 9.92. The molecule has 0 spiro atoms. The van der Waals surface area contributed by atoms with Crippen LogP contribution in [0, 0.1) is 0 Å². The number of carbonyl (C=O) groups excluding carboxylic acids is 2. The van der Waals surface area contributed by atoms with Gasteiger partial charge in [0.1, 0.15) is 11.2 Å². The number of nitrogens with one attached hydrogen (secondary N) is 1. The molecule has 1 aromatic carbocycles. The molecule has 196 valence electrons. The van der Waals surface area contributed by atoms with E-state index in [-0.39, 0.29) is 17.9 Å². The number of likely N-dealkylation sites (tertiary alicyclic amines) is 1. The number of rotatable bonds is 6. The summed E-state index contributed by atoms with van der Waals surface area (Å²) >= 11 is 0. The van der Waals surface area contributed by atoms with Crippen LogP contribution in [0.2, 0.25) is 0 Å². The first-order chi connectivity index (χ1) is 17.5. The van der Waals surface area contributed by atoms with Crippen molar-refractivity contribution in [2.45, 2.75) is 109 Å². The minimum Gasteiger partial charge on any atom is -0.351 e. The van der Waals surface area contributed by atoms with Gasteiger partial charge < -0.3 is 19.7 Å².